The molecule has 4 aliphatic rings. The average Bonchev–Trinajstić information content (AvgIpc) is 3.27. The van der Waals surface area contributed by atoms with Gasteiger partial charge >= 0.3 is 24.1 Å². The number of hydrogen-bond acceptors (Lipinski definition) is 13. The second-order valence-corrected chi connectivity index (χ2v) is 19.5. The molecule has 0 saturated carbocycles. The van der Waals surface area contributed by atoms with Crippen molar-refractivity contribution in [2.45, 2.75) is 98.8 Å². The molecule has 4 aliphatic heterocycles. The van der Waals surface area contributed by atoms with Crippen LogP contribution in [0.25, 0.3) is 0 Å². The van der Waals surface area contributed by atoms with Gasteiger partial charge in [0.1, 0.15) is 11.2 Å². The lowest BCUT2D eigenvalue weighted by Gasteiger charge is -2.37. The molecule has 2 amide bonds. The van der Waals surface area contributed by atoms with Gasteiger partial charge in [0.15, 0.2) is 6.29 Å². The van der Waals surface area contributed by atoms with E-state index >= 15 is 0 Å². The summed E-state index contributed by atoms with van der Waals surface area (Å²) in [5, 5.41) is 4.51. The number of halogens is 2. The number of anilines is 2. The Morgan fingerprint density at radius 2 is 1.06 bits per heavy atom. The Hall–Kier alpha value is -4.31. The SMILES string of the molecule is CC(C)(C)OC(=O)N1CCNCC1.CCOC(=O)C1CCN(c2cc(Cl)ccc2C=O)CC1.CCOC(=O)C1CCN(c2cc(Cl)ccc2CN2CCN(C(=O)OC(C)(C)C)CC2)CC1. The van der Waals surface area contributed by atoms with Crippen molar-refractivity contribution in [3.05, 3.63) is 57.6 Å². The summed E-state index contributed by atoms with van der Waals surface area (Å²) in [5.74, 6) is -0.255. The van der Waals surface area contributed by atoms with Gasteiger partial charge in [-0.25, -0.2) is 9.59 Å². The summed E-state index contributed by atoms with van der Waals surface area (Å²) in [5.41, 5.74) is 2.96. The second-order valence-electron chi connectivity index (χ2n) is 18.6. The molecular weight excluding hydrogens is 875 g/mol. The zero-order valence-electron chi connectivity index (χ0n) is 39.8. The van der Waals surface area contributed by atoms with E-state index in [9.17, 15) is 24.0 Å². The maximum absolute atomic E-state index is 12.3. The largest absolute Gasteiger partial charge is 0.466 e. The van der Waals surface area contributed by atoms with Crippen LogP contribution in [-0.4, -0.2) is 148 Å². The predicted molar refractivity (Wildman–Crippen MR) is 255 cm³/mol. The minimum atomic E-state index is -0.479. The zero-order valence-corrected chi connectivity index (χ0v) is 41.3. The molecule has 0 atom stereocenters. The lowest BCUT2D eigenvalue weighted by atomic mass is 9.96. The van der Waals surface area contributed by atoms with E-state index in [1.807, 2.05) is 67.5 Å². The lowest BCUT2D eigenvalue weighted by molar-refractivity contribution is -0.149. The van der Waals surface area contributed by atoms with Gasteiger partial charge < -0.3 is 43.9 Å². The first-order chi connectivity index (χ1) is 30.8. The molecule has 15 nitrogen and oxygen atoms in total. The first kappa shape index (κ1) is 53.3. The highest BCUT2D eigenvalue weighted by molar-refractivity contribution is 6.31. The molecule has 2 aromatic rings. The minimum Gasteiger partial charge on any atom is -0.466 e. The zero-order chi connectivity index (χ0) is 47.7. The van der Waals surface area contributed by atoms with E-state index in [1.54, 1.807) is 28.0 Å². The molecule has 0 unspecified atom stereocenters. The number of nitrogens with zero attached hydrogens (tertiary/aromatic N) is 5. The number of rotatable bonds is 9. The van der Waals surface area contributed by atoms with Crippen molar-refractivity contribution in [1.29, 1.82) is 0 Å². The average molecular weight is 948 g/mol. The molecule has 4 saturated heterocycles. The fourth-order valence-corrected chi connectivity index (χ4v) is 8.25. The Bertz CT molecular complexity index is 1860. The van der Waals surface area contributed by atoms with E-state index in [2.05, 4.69) is 26.1 Å². The molecule has 0 bridgehead atoms. The summed E-state index contributed by atoms with van der Waals surface area (Å²) >= 11 is 12.3. The van der Waals surface area contributed by atoms with Gasteiger partial charge in [-0.2, -0.15) is 0 Å². The minimum absolute atomic E-state index is 0.0187. The number of piperidine rings is 2. The first-order valence-corrected chi connectivity index (χ1v) is 23.8. The highest BCUT2D eigenvalue weighted by atomic mass is 35.5. The Balaban J connectivity index is 0.000000238. The monoisotopic (exact) mass is 946 g/mol. The van der Waals surface area contributed by atoms with Gasteiger partial charge in [0.2, 0.25) is 0 Å². The molecular formula is C48H72Cl2N6O9. The van der Waals surface area contributed by atoms with E-state index in [4.69, 9.17) is 42.1 Å². The summed E-state index contributed by atoms with van der Waals surface area (Å²) in [6, 6.07) is 11.3. The van der Waals surface area contributed by atoms with E-state index in [0.717, 1.165) is 115 Å². The number of carbonyl (C=O) groups excluding carboxylic acids is 5. The van der Waals surface area contributed by atoms with Crippen LogP contribution in [0.4, 0.5) is 21.0 Å². The Kier molecular flexibility index (Phi) is 21.0. The highest BCUT2D eigenvalue weighted by Crippen LogP contribution is 2.32. The number of nitrogens with one attached hydrogen (secondary N) is 1. The number of piperazine rings is 2. The molecule has 4 fully saturated rings. The number of esters is 2. The van der Waals surface area contributed by atoms with Gasteiger partial charge in [-0.1, -0.05) is 29.3 Å². The molecule has 0 spiro atoms. The van der Waals surface area contributed by atoms with Crippen molar-refractivity contribution >= 4 is 65.0 Å². The molecule has 362 valence electrons. The molecule has 4 heterocycles. The smallest absolute Gasteiger partial charge is 0.410 e. The summed E-state index contributed by atoms with van der Waals surface area (Å²) in [4.78, 5) is 69.0. The number of hydrogen-bond donors (Lipinski definition) is 1. The van der Waals surface area contributed by atoms with Crippen LogP contribution in [-0.2, 0) is 35.1 Å². The quantitative estimate of drug-likeness (QED) is 0.147. The summed E-state index contributed by atoms with van der Waals surface area (Å²) in [7, 11) is 0. The van der Waals surface area contributed by atoms with Crippen LogP contribution >= 0.6 is 23.2 Å². The number of ether oxygens (including phenoxy) is 4. The van der Waals surface area contributed by atoms with Gasteiger partial charge in [0, 0.05) is 112 Å². The van der Waals surface area contributed by atoms with E-state index in [1.165, 1.54) is 5.56 Å². The van der Waals surface area contributed by atoms with Crippen LogP contribution in [0.2, 0.25) is 10.0 Å². The molecule has 6 rings (SSSR count). The number of benzene rings is 2. The molecule has 0 radical (unpaired) electrons. The van der Waals surface area contributed by atoms with Crippen LogP contribution in [0.5, 0.6) is 0 Å². The summed E-state index contributed by atoms with van der Waals surface area (Å²) in [6.07, 6.45) is 3.46. The standard InChI is InChI=1S/C24H36ClN3O4.C15H18ClNO3.C9H18N2O2/c1-5-31-22(29)18-8-10-27(11-9-18)21-16-20(25)7-6-19(21)17-26-12-14-28(15-13-26)23(30)32-24(2,3)4;1-2-20-15(19)11-5-7-17(8-6-11)14-9-13(16)4-3-12(14)10-18;1-9(2,3)13-8(12)11-6-4-10-5-7-11/h6-7,16,18H,5,8-15,17H2,1-4H3;3-4,9-11H,2,5-8H2,1H3;10H,4-7H2,1-3H3. The van der Waals surface area contributed by atoms with Crippen LogP contribution in [0.1, 0.15) is 97.0 Å². The molecule has 1 N–H and O–H groups in total. The third kappa shape index (κ3) is 17.8. The van der Waals surface area contributed by atoms with Gasteiger partial charge in [0.05, 0.1) is 25.0 Å². The third-order valence-electron chi connectivity index (χ3n) is 11.3. The second kappa shape index (κ2) is 25.6. The molecule has 0 aromatic heterocycles. The van der Waals surface area contributed by atoms with E-state index in [0.29, 0.717) is 41.9 Å². The van der Waals surface area contributed by atoms with Gasteiger partial charge in [-0.3, -0.25) is 19.3 Å². The topological polar surface area (TPSA) is 150 Å². The molecule has 0 aliphatic carbocycles. The fraction of sp³-hybridized carbons (Fsp3) is 0.646. The number of amides is 2. The van der Waals surface area contributed by atoms with Crippen molar-refractivity contribution in [3.63, 3.8) is 0 Å². The normalized spacial score (nSPS) is 17.8. The predicted octanol–water partition coefficient (Wildman–Crippen LogP) is 7.93. The van der Waals surface area contributed by atoms with Crippen LogP contribution < -0.4 is 15.1 Å². The van der Waals surface area contributed by atoms with Crippen LogP contribution in [0, 0.1) is 11.8 Å². The Labute approximate surface area is 396 Å². The Morgan fingerprint density at radius 1 is 0.631 bits per heavy atom. The highest BCUT2D eigenvalue weighted by Gasteiger charge is 2.30. The number of aldehydes is 1. The first-order valence-electron chi connectivity index (χ1n) is 23.1. The van der Waals surface area contributed by atoms with Crippen molar-refractivity contribution in [2.75, 3.05) is 102 Å². The molecule has 65 heavy (non-hydrogen) atoms. The third-order valence-corrected chi connectivity index (χ3v) is 11.7. The fourth-order valence-electron chi connectivity index (χ4n) is 7.92. The molecule has 2 aromatic carbocycles. The molecule has 17 heteroatoms. The van der Waals surface area contributed by atoms with Crippen LogP contribution in [0.15, 0.2) is 36.4 Å². The van der Waals surface area contributed by atoms with Crippen molar-refractivity contribution in [1.82, 2.24) is 20.0 Å². The Morgan fingerprint density at radius 3 is 1.51 bits per heavy atom. The van der Waals surface area contributed by atoms with Gasteiger partial charge in [-0.05, 0) is 117 Å². The lowest BCUT2D eigenvalue weighted by Crippen LogP contribution is -2.49. The van der Waals surface area contributed by atoms with Gasteiger partial charge in [-0.15, -0.1) is 0 Å². The number of carbonyl (C=O) groups is 5. The van der Waals surface area contributed by atoms with Crippen molar-refractivity contribution in [3.8, 4) is 0 Å². The summed E-state index contributed by atoms with van der Waals surface area (Å²) in [6.45, 7) is 25.8. The van der Waals surface area contributed by atoms with E-state index in [-0.39, 0.29) is 41.6 Å². The summed E-state index contributed by atoms with van der Waals surface area (Å²) < 4.78 is 21.0. The van der Waals surface area contributed by atoms with Crippen molar-refractivity contribution in [2.24, 2.45) is 11.8 Å². The maximum atomic E-state index is 12.3. The maximum Gasteiger partial charge on any atom is 0.410 e. The van der Waals surface area contributed by atoms with Crippen molar-refractivity contribution < 1.29 is 42.9 Å². The van der Waals surface area contributed by atoms with Crippen LogP contribution in [0.3, 0.4) is 0 Å². The van der Waals surface area contributed by atoms with E-state index < -0.39 is 5.60 Å². The van der Waals surface area contributed by atoms with Gasteiger partial charge in [0.25, 0.3) is 0 Å².